The molecule has 0 radical (unpaired) electrons. The van der Waals surface area contributed by atoms with E-state index >= 15 is 0 Å². The van der Waals surface area contributed by atoms with Crippen molar-refractivity contribution < 1.29 is 18.8 Å². The second-order valence-electron chi connectivity index (χ2n) is 9.74. The number of amides is 1. The summed E-state index contributed by atoms with van der Waals surface area (Å²) in [5, 5.41) is 16.8. The SMILES string of the molecule is CN1C[C@@H](Nc2nc(N3CCC4(CC3)OC(O)Nc3ccccc34)nc3c2S(=O)CC3)CCC1=O. The van der Waals surface area contributed by atoms with Crippen LogP contribution in [0.25, 0.3) is 0 Å². The van der Waals surface area contributed by atoms with Gasteiger partial charge >= 0.3 is 0 Å². The number of hydrogen-bond donors (Lipinski definition) is 3. The molecule has 6 rings (SSSR count). The fraction of sp³-hybridized carbons (Fsp3) is 0.542. The fourth-order valence-corrected chi connectivity index (χ4v) is 6.96. The third kappa shape index (κ3) is 4.05. The van der Waals surface area contributed by atoms with Crippen LogP contribution in [0.4, 0.5) is 17.5 Å². The van der Waals surface area contributed by atoms with Gasteiger partial charge in [-0.1, -0.05) is 18.2 Å². The summed E-state index contributed by atoms with van der Waals surface area (Å²) in [4.78, 5) is 26.2. The molecule has 1 spiro atoms. The third-order valence-electron chi connectivity index (χ3n) is 7.53. The molecule has 0 bridgehead atoms. The molecule has 10 nitrogen and oxygen atoms in total. The van der Waals surface area contributed by atoms with Crippen LogP contribution in [0, 0.1) is 0 Å². The minimum Gasteiger partial charge on any atom is -0.364 e. The molecule has 35 heavy (non-hydrogen) atoms. The highest BCUT2D eigenvalue weighted by atomic mass is 32.2. The maximum absolute atomic E-state index is 12.7. The van der Waals surface area contributed by atoms with Crippen LogP contribution in [0.3, 0.4) is 0 Å². The molecule has 3 N–H and O–H groups in total. The summed E-state index contributed by atoms with van der Waals surface area (Å²) in [6.07, 6.45) is 2.22. The molecule has 1 amide bonds. The number of fused-ring (bicyclic) bond motifs is 3. The van der Waals surface area contributed by atoms with Crippen molar-refractivity contribution in [2.45, 2.75) is 55.1 Å². The van der Waals surface area contributed by atoms with Crippen LogP contribution < -0.4 is 15.5 Å². The van der Waals surface area contributed by atoms with E-state index in [2.05, 4.69) is 21.6 Å². The lowest BCUT2D eigenvalue weighted by Crippen LogP contribution is -2.50. The van der Waals surface area contributed by atoms with Crippen molar-refractivity contribution in [3.8, 4) is 0 Å². The van der Waals surface area contributed by atoms with Gasteiger partial charge in [0.25, 0.3) is 0 Å². The predicted octanol–water partition coefficient (Wildman–Crippen LogP) is 1.39. The molecule has 2 saturated heterocycles. The molecule has 4 aliphatic heterocycles. The summed E-state index contributed by atoms with van der Waals surface area (Å²) >= 11 is 0. The first kappa shape index (κ1) is 22.7. The van der Waals surface area contributed by atoms with E-state index in [0.29, 0.717) is 67.7 Å². The van der Waals surface area contributed by atoms with Crippen LogP contribution in [-0.4, -0.2) is 75.0 Å². The Balaban J connectivity index is 1.25. The standard InChI is InChI=1S/C24H30N6O4S/c1-29-14-15(6-7-19(29)31)25-21-20-18(8-13-35(20)33)26-22(28-21)30-11-9-24(10-12-30)16-4-2-3-5-17(16)27-23(32)34-24/h2-5,15,23,27,32H,6-14H2,1H3,(H,25,26,28)/t15-,23?,35?/m0/s1. The van der Waals surface area contributed by atoms with E-state index in [-0.39, 0.29) is 11.9 Å². The Morgan fingerprint density at radius 2 is 2.03 bits per heavy atom. The van der Waals surface area contributed by atoms with E-state index in [1.807, 2.05) is 25.2 Å². The number of para-hydroxylation sites is 1. The van der Waals surface area contributed by atoms with Crippen molar-refractivity contribution in [2.75, 3.05) is 48.0 Å². The number of aromatic nitrogens is 2. The zero-order valence-electron chi connectivity index (χ0n) is 19.7. The number of aliphatic hydroxyl groups is 1. The van der Waals surface area contributed by atoms with Crippen molar-refractivity contribution in [2.24, 2.45) is 0 Å². The molecule has 3 atom stereocenters. The van der Waals surface area contributed by atoms with E-state index < -0.39 is 22.8 Å². The minimum absolute atomic E-state index is 0.0629. The van der Waals surface area contributed by atoms with Gasteiger partial charge in [-0.15, -0.1) is 0 Å². The zero-order chi connectivity index (χ0) is 24.2. The van der Waals surface area contributed by atoms with E-state index in [0.717, 1.165) is 23.4 Å². The average molecular weight is 499 g/mol. The zero-order valence-corrected chi connectivity index (χ0v) is 20.5. The van der Waals surface area contributed by atoms with Gasteiger partial charge in [-0.05, 0) is 25.3 Å². The quantitative estimate of drug-likeness (QED) is 0.577. The predicted molar refractivity (Wildman–Crippen MR) is 132 cm³/mol. The lowest BCUT2D eigenvalue weighted by molar-refractivity contribution is -0.191. The van der Waals surface area contributed by atoms with Gasteiger partial charge in [-0.3, -0.25) is 9.00 Å². The van der Waals surface area contributed by atoms with Crippen LogP contribution >= 0.6 is 0 Å². The van der Waals surface area contributed by atoms with Gasteiger partial charge < -0.3 is 30.3 Å². The summed E-state index contributed by atoms with van der Waals surface area (Å²) < 4.78 is 18.8. The summed E-state index contributed by atoms with van der Waals surface area (Å²) in [5.74, 6) is 1.97. The number of likely N-dealkylation sites (N-methyl/N-ethyl adjacent to an activating group) is 1. The third-order valence-corrected chi connectivity index (χ3v) is 8.99. The van der Waals surface area contributed by atoms with Crippen molar-refractivity contribution in [3.63, 3.8) is 0 Å². The molecule has 2 fully saturated rings. The molecule has 186 valence electrons. The highest BCUT2D eigenvalue weighted by molar-refractivity contribution is 7.85. The number of likely N-dealkylation sites (tertiary alicyclic amines) is 1. The van der Waals surface area contributed by atoms with E-state index in [1.54, 1.807) is 4.90 Å². The van der Waals surface area contributed by atoms with Gasteiger partial charge in [0, 0.05) is 62.6 Å². The molecule has 1 aromatic heterocycles. The minimum atomic E-state index is -1.12. The number of piperidine rings is 2. The van der Waals surface area contributed by atoms with Crippen LogP contribution in [-0.2, 0) is 32.4 Å². The highest BCUT2D eigenvalue weighted by Gasteiger charge is 2.44. The number of benzene rings is 1. The van der Waals surface area contributed by atoms with Gasteiger partial charge in [0.2, 0.25) is 18.3 Å². The van der Waals surface area contributed by atoms with E-state index in [1.165, 1.54) is 0 Å². The smallest absolute Gasteiger partial charge is 0.236 e. The molecule has 4 aliphatic rings. The van der Waals surface area contributed by atoms with E-state index in [4.69, 9.17) is 14.7 Å². The van der Waals surface area contributed by atoms with Gasteiger partial charge in [-0.2, -0.15) is 4.98 Å². The Labute approximate surface area is 206 Å². The summed E-state index contributed by atoms with van der Waals surface area (Å²) in [7, 11) is 0.689. The summed E-state index contributed by atoms with van der Waals surface area (Å²) in [5.41, 5.74) is 2.25. The van der Waals surface area contributed by atoms with Gasteiger partial charge in [0.15, 0.2) is 0 Å². The first-order valence-electron chi connectivity index (χ1n) is 12.2. The highest BCUT2D eigenvalue weighted by Crippen LogP contribution is 2.44. The van der Waals surface area contributed by atoms with Gasteiger partial charge in [-0.25, -0.2) is 4.98 Å². The Morgan fingerprint density at radius 3 is 2.83 bits per heavy atom. The van der Waals surface area contributed by atoms with Crippen molar-refractivity contribution >= 4 is 34.2 Å². The number of carbonyl (C=O) groups excluding carboxylic acids is 1. The van der Waals surface area contributed by atoms with Crippen LogP contribution in [0.1, 0.15) is 36.9 Å². The van der Waals surface area contributed by atoms with Crippen molar-refractivity contribution in [3.05, 3.63) is 35.5 Å². The number of hydrogen-bond acceptors (Lipinski definition) is 9. The van der Waals surface area contributed by atoms with Crippen molar-refractivity contribution in [1.82, 2.24) is 14.9 Å². The van der Waals surface area contributed by atoms with Crippen LogP contribution in [0.15, 0.2) is 29.2 Å². The van der Waals surface area contributed by atoms with Crippen molar-refractivity contribution in [1.29, 1.82) is 0 Å². The molecule has 0 aliphatic carbocycles. The summed E-state index contributed by atoms with van der Waals surface area (Å²) in [6.45, 7) is 1.94. The Kier molecular flexibility index (Phi) is 5.65. The number of aliphatic hydroxyl groups excluding tert-OH is 1. The second kappa shape index (κ2) is 8.72. The Bertz CT molecular complexity index is 1180. The normalized spacial score (nSPS) is 27.4. The summed E-state index contributed by atoms with van der Waals surface area (Å²) in [6, 6.07) is 8.02. The number of nitrogens with zero attached hydrogens (tertiary/aromatic N) is 4. The molecule has 0 saturated carbocycles. The Morgan fingerprint density at radius 1 is 1.23 bits per heavy atom. The first-order chi connectivity index (χ1) is 16.9. The average Bonchev–Trinajstić information content (AvgIpc) is 3.23. The topological polar surface area (TPSA) is 120 Å². The molecular weight excluding hydrogens is 468 g/mol. The number of aryl methyl sites for hydroxylation is 1. The maximum Gasteiger partial charge on any atom is 0.236 e. The molecule has 2 unspecified atom stereocenters. The maximum atomic E-state index is 12.7. The first-order valence-corrected chi connectivity index (χ1v) is 13.5. The van der Waals surface area contributed by atoms with Gasteiger partial charge in [0.1, 0.15) is 16.3 Å². The lowest BCUT2D eigenvalue weighted by atomic mass is 9.82. The molecule has 1 aromatic carbocycles. The lowest BCUT2D eigenvalue weighted by Gasteiger charge is -2.46. The number of ether oxygens (including phenoxy) is 1. The van der Waals surface area contributed by atoms with Crippen LogP contribution in [0.2, 0.25) is 0 Å². The Hall–Kier alpha value is -2.76. The number of rotatable bonds is 3. The van der Waals surface area contributed by atoms with Gasteiger partial charge in [0.05, 0.1) is 16.5 Å². The molecule has 11 heteroatoms. The fourth-order valence-electron chi connectivity index (χ4n) is 5.65. The number of anilines is 3. The number of nitrogens with one attached hydrogen (secondary N) is 2. The largest absolute Gasteiger partial charge is 0.364 e. The molecule has 5 heterocycles. The monoisotopic (exact) mass is 498 g/mol. The number of carbonyl (C=O) groups is 1. The van der Waals surface area contributed by atoms with E-state index in [9.17, 15) is 14.1 Å². The molecule has 2 aromatic rings. The van der Waals surface area contributed by atoms with Crippen LogP contribution in [0.5, 0.6) is 0 Å². The molecular formula is C24H30N6O4S. The second-order valence-corrected chi connectivity index (χ2v) is 11.3.